The van der Waals surface area contributed by atoms with Gasteiger partial charge in [-0.15, -0.1) is 0 Å². The molecule has 0 unspecified atom stereocenters. The van der Waals surface area contributed by atoms with E-state index < -0.39 is 11.8 Å². The lowest BCUT2D eigenvalue weighted by Crippen LogP contribution is -2.26. The lowest BCUT2D eigenvalue weighted by Gasteiger charge is -2.18. The van der Waals surface area contributed by atoms with Crippen molar-refractivity contribution in [1.29, 1.82) is 0 Å². The number of aryl methyl sites for hydroxylation is 1. The molecule has 0 heterocycles. The molecule has 0 spiro atoms. The van der Waals surface area contributed by atoms with Gasteiger partial charge in [0.25, 0.3) is 5.91 Å². The van der Waals surface area contributed by atoms with Gasteiger partial charge < -0.3 is 14.4 Å². The molecule has 7 heteroatoms. The molecule has 0 aromatic heterocycles. The van der Waals surface area contributed by atoms with Crippen molar-refractivity contribution in [2.75, 3.05) is 18.6 Å². The van der Waals surface area contributed by atoms with E-state index in [1.807, 2.05) is 19.1 Å². The largest absolute Gasteiger partial charge is 0.482 e. The molecule has 0 N–H and O–H groups in total. The van der Waals surface area contributed by atoms with E-state index in [0.717, 1.165) is 11.6 Å². The molecule has 0 fully saturated rings. The third-order valence-corrected chi connectivity index (χ3v) is 4.60. The predicted molar refractivity (Wildman–Crippen MR) is 113 cm³/mol. The SMILES string of the molecule is Cc1ccc(C(=O)N(C)c2ccc(OC(=O)COc3ccc(F)c(Cl)c3)cc2)cc1. The van der Waals surface area contributed by atoms with Gasteiger partial charge in [0.05, 0.1) is 5.02 Å². The normalized spacial score (nSPS) is 10.4. The van der Waals surface area contributed by atoms with Crippen molar-refractivity contribution in [1.82, 2.24) is 0 Å². The first-order chi connectivity index (χ1) is 14.3. The number of esters is 1. The van der Waals surface area contributed by atoms with Crippen LogP contribution in [0.4, 0.5) is 10.1 Å². The molecule has 0 aliphatic heterocycles. The molecule has 3 rings (SSSR count). The van der Waals surface area contributed by atoms with Gasteiger partial charge in [-0.1, -0.05) is 29.3 Å². The van der Waals surface area contributed by atoms with Gasteiger partial charge in [0, 0.05) is 24.4 Å². The smallest absolute Gasteiger partial charge is 0.349 e. The highest BCUT2D eigenvalue weighted by molar-refractivity contribution is 6.30. The van der Waals surface area contributed by atoms with Gasteiger partial charge in [-0.2, -0.15) is 0 Å². The third kappa shape index (κ3) is 5.36. The first-order valence-corrected chi connectivity index (χ1v) is 9.44. The number of anilines is 1. The Morgan fingerprint density at radius 2 is 1.60 bits per heavy atom. The summed E-state index contributed by atoms with van der Waals surface area (Å²) in [6.45, 7) is 1.59. The Hall–Kier alpha value is -3.38. The van der Waals surface area contributed by atoms with Gasteiger partial charge in [0.2, 0.25) is 0 Å². The summed E-state index contributed by atoms with van der Waals surface area (Å²) in [6, 6.07) is 17.6. The van der Waals surface area contributed by atoms with Gasteiger partial charge in [0.1, 0.15) is 17.3 Å². The summed E-state index contributed by atoms with van der Waals surface area (Å²) in [5.41, 5.74) is 2.31. The van der Waals surface area contributed by atoms with Crippen LogP contribution in [0.25, 0.3) is 0 Å². The molecule has 0 aliphatic rings. The van der Waals surface area contributed by atoms with Crippen LogP contribution in [0, 0.1) is 12.7 Å². The summed E-state index contributed by atoms with van der Waals surface area (Å²) >= 11 is 5.67. The molecule has 0 radical (unpaired) electrons. The number of rotatable bonds is 6. The highest BCUT2D eigenvalue weighted by Crippen LogP contribution is 2.22. The van der Waals surface area contributed by atoms with Gasteiger partial charge in [-0.25, -0.2) is 9.18 Å². The maximum atomic E-state index is 13.1. The highest BCUT2D eigenvalue weighted by Gasteiger charge is 2.14. The Balaban J connectivity index is 1.56. The number of nitrogens with zero attached hydrogens (tertiary/aromatic N) is 1. The van der Waals surface area contributed by atoms with Crippen molar-refractivity contribution >= 4 is 29.2 Å². The molecule has 0 saturated heterocycles. The molecule has 0 bridgehead atoms. The fourth-order valence-corrected chi connectivity index (χ4v) is 2.79. The number of carbonyl (C=O) groups is 2. The number of hydrogen-bond donors (Lipinski definition) is 0. The molecule has 154 valence electrons. The van der Waals surface area contributed by atoms with Crippen LogP contribution in [-0.4, -0.2) is 25.5 Å². The van der Waals surface area contributed by atoms with E-state index in [9.17, 15) is 14.0 Å². The van der Waals surface area contributed by atoms with Crippen LogP contribution in [0.2, 0.25) is 5.02 Å². The molecular formula is C23H19ClFNO4. The lowest BCUT2D eigenvalue weighted by atomic mass is 10.1. The van der Waals surface area contributed by atoms with Gasteiger partial charge >= 0.3 is 5.97 Å². The average Bonchev–Trinajstić information content (AvgIpc) is 2.74. The number of hydrogen-bond acceptors (Lipinski definition) is 4. The summed E-state index contributed by atoms with van der Waals surface area (Å²) in [6.07, 6.45) is 0. The summed E-state index contributed by atoms with van der Waals surface area (Å²) in [5.74, 6) is -0.790. The van der Waals surface area contributed by atoms with Crippen molar-refractivity contribution < 1.29 is 23.5 Å². The maximum absolute atomic E-state index is 13.1. The standard InChI is InChI=1S/C23H19ClFNO4/c1-15-3-5-16(6-4-15)23(28)26(2)17-7-9-18(10-8-17)30-22(27)14-29-19-11-12-21(25)20(24)13-19/h3-13H,14H2,1-2H3. The predicted octanol–water partition coefficient (Wildman–Crippen LogP) is 5.05. The topological polar surface area (TPSA) is 55.8 Å². The van der Waals surface area contributed by atoms with E-state index >= 15 is 0 Å². The molecule has 0 saturated carbocycles. The number of ether oxygens (including phenoxy) is 2. The Kier molecular flexibility index (Phi) is 6.69. The van der Waals surface area contributed by atoms with Crippen molar-refractivity contribution in [2.45, 2.75) is 6.92 Å². The number of amides is 1. The molecule has 3 aromatic rings. The van der Waals surface area contributed by atoms with E-state index in [-0.39, 0.29) is 23.3 Å². The average molecular weight is 428 g/mol. The number of benzene rings is 3. The Morgan fingerprint density at radius 1 is 0.967 bits per heavy atom. The minimum absolute atomic E-state index is 0.0965. The molecular weight excluding hydrogens is 409 g/mol. The van der Waals surface area contributed by atoms with Gasteiger partial charge in [0.15, 0.2) is 6.61 Å². The monoisotopic (exact) mass is 427 g/mol. The van der Waals surface area contributed by atoms with Crippen LogP contribution in [-0.2, 0) is 4.79 Å². The summed E-state index contributed by atoms with van der Waals surface area (Å²) in [5, 5.41) is -0.0965. The summed E-state index contributed by atoms with van der Waals surface area (Å²) in [7, 11) is 1.67. The first-order valence-electron chi connectivity index (χ1n) is 9.07. The van der Waals surface area contributed by atoms with Crippen molar-refractivity contribution in [3.8, 4) is 11.5 Å². The van der Waals surface area contributed by atoms with Crippen molar-refractivity contribution in [2.24, 2.45) is 0 Å². The Bertz CT molecular complexity index is 1050. The minimum Gasteiger partial charge on any atom is -0.482 e. The lowest BCUT2D eigenvalue weighted by molar-refractivity contribution is -0.136. The van der Waals surface area contributed by atoms with Crippen LogP contribution in [0.5, 0.6) is 11.5 Å². The molecule has 1 amide bonds. The van der Waals surface area contributed by atoms with Crippen molar-refractivity contribution in [3.63, 3.8) is 0 Å². The Labute approximate surface area is 178 Å². The third-order valence-electron chi connectivity index (χ3n) is 4.31. The Morgan fingerprint density at radius 3 is 2.23 bits per heavy atom. The van der Waals surface area contributed by atoms with Crippen LogP contribution >= 0.6 is 11.6 Å². The zero-order valence-electron chi connectivity index (χ0n) is 16.4. The minimum atomic E-state index is -0.632. The number of carbonyl (C=O) groups excluding carboxylic acids is 2. The van der Waals surface area contributed by atoms with E-state index in [1.165, 1.54) is 17.0 Å². The molecule has 0 atom stereocenters. The van der Waals surface area contributed by atoms with E-state index in [1.54, 1.807) is 43.4 Å². The van der Waals surface area contributed by atoms with Gasteiger partial charge in [-0.05, 0) is 55.5 Å². The highest BCUT2D eigenvalue weighted by atomic mass is 35.5. The molecule has 3 aromatic carbocycles. The fourth-order valence-electron chi connectivity index (χ4n) is 2.61. The molecule has 30 heavy (non-hydrogen) atoms. The molecule has 5 nitrogen and oxygen atoms in total. The van der Waals surface area contributed by atoms with Crippen LogP contribution in [0.1, 0.15) is 15.9 Å². The second-order valence-electron chi connectivity index (χ2n) is 6.56. The van der Waals surface area contributed by atoms with Gasteiger partial charge in [-0.3, -0.25) is 4.79 Å². The summed E-state index contributed by atoms with van der Waals surface area (Å²) in [4.78, 5) is 26.0. The molecule has 0 aliphatic carbocycles. The zero-order valence-corrected chi connectivity index (χ0v) is 17.2. The number of halogens is 2. The van der Waals surface area contributed by atoms with Crippen LogP contribution in [0.3, 0.4) is 0 Å². The second-order valence-corrected chi connectivity index (χ2v) is 6.97. The quantitative estimate of drug-likeness (QED) is 0.408. The second kappa shape index (κ2) is 9.41. The maximum Gasteiger partial charge on any atom is 0.349 e. The van der Waals surface area contributed by atoms with Crippen LogP contribution in [0.15, 0.2) is 66.7 Å². The van der Waals surface area contributed by atoms with E-state index in [2.05, 4.69) is 0 Å². The summed E-state index contributed by atoms with van der Waals surface area (Å²) < 4.78 is 23.6. The fraction of sp³-hybridized carbons (Fsp3) is 0.130. The van der Waals surface area contributed by atoms with Crippen LogP contribution < -0.4 is 14.4 Å². The zero-order chi connectivity index (χ0) is 21.7. The van der Waals surface area contributed by atoms with E-state index in [4.69, 9.17) is 21.1 Å². The van der Waals surface area contributed by atoms with E-state index in [0.29, 0.717) is 17.0 Å². The first kappa shape index (κ1) is 21.3. The van der Waals surface area contributed by atoms with Crippen molar-refractivity contribution in [3.05, 3.63) is 88.7 Å².